The highest BCUT2D eigenvalue weighted by atomic mass is 32.2. The Morgan fingerprint density at radius 1 is 1.27 bits per heavy atom. The van der Waals surface area contributed by atoms with E-state index in [-0.39, 0.29) is 24.4 Å². The summed E-state index contributed by atoms with van der Waals surface area (Å²) in [4.78, 5) is 12.1. The minimum Gasteiger partial charge on any atom is -0.495 e. The average molecular weight is 328 g/mol. The number of anilines is 1. The molecular weight excluding hydrogens is 304 g/mol. The van der Waals surface area contributed by atoms with Crippen molar-refractivity contribution >= 4 is 21.6 Å². The highest BCUT2D eigenvalue weighted by molar-refractivity contribution is 7.92. The van der Waals surface area contributed by atoms with Gasteiger partial charge >= 0.3 is 0 Å². The summed E-state index contributed by atoms with van der Waals surface area (Å²) in [6.07, 6.45) is 1.07. The van der Waals surface area contributed by atoms with Gasteiger partial charge in [-0.05, 0) is 25.0 Å². The number of nitrogens with zero attached hydrogens (tertiary/aromatic N) is 1. The van der Waals surface area contributed by atoms with Crippen molar-refractivity contribution in [2.24, 2.45) is 5.92 Å². The van der Waals surface area contributed by atoms with Crippen LogP contribution in [-0.2, 0) is 14.8 Å². The lowest BCUT2D eigenvalue weighted by molar-refractivity contribution is -0.120. The maximum Gasteiger partial charge on any atom is 0.240 e. The number of para-hydroxylation sites is 2. The third-order valence-electron chi connectivity index (χ3n) is 3.43. The van der Waals surface area contributed by atoms with E-state index < -0.39 is 10.0 Å². The topological polar surface area (TPSA) is 75.7 Å². The number of methoxy groups -OCH3 is 1. The van der Waals surface area contributed by atoms with Gasteiger partial charge in [0.25, 0.3) is 0 Å². The van der Waals surface area contributed by atoms with E-state index in [2.05, 4.69) is 5.32 Å². The van der Waals surface area contributed by atoms with Gasteiger partial charge in [0.2, 0.25) is 15.9 Å². The van der Waals surface area contributed by atoms with Crippen LogP contribution in [0, 0.1) is 5.92 Å². The molecule has 0 spiro atoms. The maximum atomic E-state index is 12.1. The average Bonchev–Trinajstić information content (AvgIpc) is 2.43. The lowest BCUT2D eigenvalue weighted by atomic mass is 10.1. The Kier molecular flexibility index (Phi) is 6.22. The van der Waals surface area contributed by atoms with Crippen LogP contribution in [-0.4, -0.2) is 40.3 Å². The summed E-state index contributed by atoms with van der Waals surface area (Å²) in [5, 5.41) is 2.80. The van der Waals surface area contributed by atoms with E-state index >= 15 is 0 Å². The minimum absolute atomic E-state index is 0.0356. The first-order chi connectivity index (χ1) is 10.2. The van der Waals surface area contributed by atoms with Gasteiger partial charge in [-0.1, -0.05) is 26.0 Å². The molecule has 0 fully saturated rings. The molecule has 0 radical (unpaired) electrons. The van der Waals surface area contributed by atoms with Crippen LogP contribution in [0.1, 0.15) is 20.8 Å². The molecule has 1 rings (SSSR count). The van der Waals surface area contributed by atoms with Gasteiger partial charge in [-0.25, -0.2) is 8.42 Å². The molecule has 0 saturated carbocycles. The summed E-state index contributed by atoms with van der Waals surface area (Å²) >= 11 is 0. The third-order valence-corrected chi connectivity index (χ3v) is 4.56. The molecule has 1 amide bonds. The molecular formula is C15H24N2O4S. The summed E-state index contributed by atoms with van der Waals surface area (Å²) in [5.74, 6) is 0.317. The number of hydrogen-bond donors (Lipinski definition) is 1. The minimum atomic E-state index is -3.61. The molecule has 0 unspecified atom stereocenters. The van der Waals surface area contributed by atoms with E-state index in [1.54, 1.807) is 24.3 Å². The first kappa shape index (κ1) is 18.3. The molecule has 1 N–H and O–H groups in total. The van der Waals surface area contributed by atoms with Crippen molar-refractivity contribution in [3.63, 3.8) is 0 Å². The van der Waals surface area contributed by atoms with Crippen LogP contribution in [0.2, 0.25) is 0 Å². The summed E-state index contributed by atoms with van der Waals surface area (Å²) in [7, 11) is -2.15. The molecule has 0 saturated heterocycles. The number of carbonyl (C=O) groups excluding carboxylic acids is 1. The first-order valence-corrected chi connectivity index (χ1v) is 8.91. The third kappa shape index (κ3) is 4.91. The molecule has 1 aromatic rings. The molecule has 7 heteroatoms. The van der Waals surface area contributed by atoms with Gasteiger partial charge in [0, 0.05) is 6.04 Å². The van der Waals surface area contributed by atoms with E-state index in [9.17, 15) is 13.2 Å². The zero-order valence-corrected chi connectivity index (χ0v) is 14.5. The van der Waals surface area contributed by atoms with Crippen molar-refractivity contribution < 1.29 is 17.9 Å². The number of hydrogen-bond acceptors (Lipinski definition) is 4. The second kappa shape index (κ2) is 7.49. The Labute approximate surface area is 132 Å². The SMILES string of the molecule is COc1ccccc1N(CC(=O)N[C@H](C)C(C)C)S(C)(=O)=O. The standard InChI is InChI=1S/C15H24N2O4S/c1-11(2)12(3)16-15(18)10-17(22(5,19)20)13-8-6-7-9-14(13)21-4/h6-9,11-12H,10H2,1-5H3,(H,16,18)/t12-/m1/s1. The lowest BCUT2D eigenvalue weighted by Crippen LogP contribution is -2.44. The van der Waals surface area contributed by atoms with Gasteiger partial charge in [0.15, 0.2) is 0 Å². The molecule has 124 valence electrons. The number of carbonyl (C=O) groups is 1. The summed E-state index contributed by atoms with van der Waals surface area (Å²) in [5.41, 5.74) is 0.347. The predicted octanol–water partition coefficient (Wildman–Crippen LogP) is 1.62. The van der Waals surface area contributed by atoms with Crippen LogP contribution in [0.25, 0.3) is 0 Å². The molecule has 0 aliphatic heterocycles. The zero-order valence-electron chi connectivity index (χ0n) is 13.7. The van der Waals surface area contributed by atoms with E-state index in [4.69, 9.17) is 4.74 Å². The molecule has 6 nitrogen and oxygen atoms in total. The first-order valence-electron chi connectivity index (χ1n) is 7.07. The highest BCUT2D eigenvalue weighted by Gasteiger charge is 2.24. The molecule has 22 heavy (non-hydrogen) atoms. The monoisotopic (exact) mass is 328 g/mol. The van der Waals surface area contributed by atoms with Crippen molar-refractivity contribution in [1.29, 1.82) is 0 Å². The quantitative estimate of drug-likeness (QED) is 0.825. The van der Waals surface area contributed by atoms with Gasteiger partial charge < -0.3 is 10.1 Å². The van der Waals surface area contributed by atoms with Crippen molar-refractivity contribution in [3.8, 4) is 5.75 Å². The van der Waals surface area contributed by atoms with Crippen LogP contribution in [0.3, 0.4) is 0 Å². The molecule has 0 heterocycles. The molecule has 0 aliphatic rings. The molecule has 1 aromatic carbocycles. The van der Waals surface area contributed by atoms with Crippen molar-refractivity contribution in [1.82, 2.24) is 5.32 Å². The molecule has 0 aromatic heterocycles. The van der Waals surface area contributed by atoms with Crippen LogP contribution in [0.15, 0.2) is 24.3 Å². The molecule has 1 atom stereocenters. The Bertz CT molecular complexity index is 614. The van der Waals surface area contributed by atoms with Gasteiger partial charge in [0.1, 0.15) is 12.3 Å². The Morgan fingerprint density at radius 2 is 1.86 bits per heavy atom. The number of ether oxygens (including phenoxy) is 1. The van der Waals surface area contributed by atoms with Crippen LogP contribution in [0.4, 0.5) is 5.69 Å². The number of nitrogens with one attached hydrogen (secondary N) is 1. The second-order valence-electron chi connectivity index (χ2n) is 5.54. The smallest absolute Gasteiger partial charge is 0.240 e. The number of sulfonamides is 1. The fraction of sp³-hybridized carbons (Fsp3) is 0.533. The lowest BCUT2D eigenvalue weighted by Gasteiger charge is -2.25. The largest absolute Gasteiger partial charge is 0.495 e. The van der Waals surface area contributed by atoms with E-state index in [0.29, 0.717) is 11.4 Å². The van der Waals surface area contributed by atoms with Gasteiger partial charge in [0.05, 0.1) is 19.1 Å². The Hall–Kier alpha value is -1.76. The van der Waals surface area contributed by atoms with Crippen LogP contribution in [0.5, 0.6) is 5.75 Å². The van der Waals surface area contributed by atoms with Crippen molar-refractivity contribution in [2.45, 2.75) is 26.8 Å². The number of rotatable bonds is 7. The van der Waals surface area contributed by atoms with Gasteiger partial charge in [-0.3, -0.25) is 9.10 Å². The fourth-order valence-electron chi connectivity index (χ4n) is 1.81. The van der Waals surface area contributed by atoms with Crippen LogP contribution >= 0.6 is 0 Å². The summed E-state index contributed by atoms with van der Waals surface area (Å²) in [6, 6.07) is 6.67. The second-order valence-corrected chi connectivity index (χ2v) is 7.45. The van der Waals surface area contributed by atoms with E-state index in [1.807, 2.05) is 20.8 Å². The Balaban J connectivity index is 3.04. The molecule has 0 aliphatic carbocycles. The Morgan fingerprint density at radius 3 is 2.36 bits per heavy atom. The maximum absolute atomic E-state index is 12.1. The fourth-order valence-corrected chi connectivity index (χ4v) is 2.67. The highest BCUT2D eigenvalue weighted by Crippen LogP contribution is 2.29. The van der Waals surface area contributed by atoms with Crippen molar-refractivity contribution in [2.75, 3.05) is 24.2 Å². The van der Waals surface area contributed by atoms with Gasteiger partial charge in [-0.2, -0.15) is 0 Å². The number of benzene rings is 1. The summed E-state index contributed by atoms with van der Waals surface area (Å²) < 4.78 is 30.3. The normalized spacial score (nSPS) is 12.8. The van der Waals surface area contributed by atoms with Gasteiger partial charge in [-0.15, -0.1) is 0 Å². The summed E-state index contributed by atoms with van der Waals surface area (Å²) in [6.45, 7) is 5.58. The zero-order chi connectivity index (χ0) is 16.9. The van der Waals surface area contributed by atoms with E-state index in [0.717, 1.165) is 10.6 Å². The number of amides is 1. The predicted molar refractivity (Wildman–Crippen MR) is 87.6 cm³/mol. The van der Waals surface area contributed by atoms with Crippen molar-refractivity contribution in [3.05, 3.63) is 24.3 Å². The van der Waals surface area contributed by atoms with E-state index in [1.165, 1.54) is 7.11 Å². The molecule has 0 bridgehead atoms. The van der Waals surface area contributed by atoms with Crippen LogP contribution < -0.4 is 14.4 Å².